The fourth-order valence-electron chi connectivity index (χ4n) is 2.45. The van der Waals surface area contributed by atoms with Crippen molar-refractivity contribution in [1.29, 1.82) is 0 Å². The number of nitrogens with one attached hydrogen (secondary N) is 2. The molecule has 1 aliphatic heterocycles. The molecule has 0 atom stereocenters. The van der Waals surface area contributed by atoms with Crippen LogP contribution < -0.4 is 20.1 Å². The molecule has 1 aliphatic rings. The van der Waals surface area contributed by atoms with Crippen LogP contribution in [0.4, 0.5) is 0 Å². The highest BCUT2D eigenvalue weighted by Crippen LogP contribution is 2.29. The molecular formula is C15H23ClN2O3. The second-order valence-electron chi connectivity index (χ2n) is 5.00. The summed E-state index contributed by atoms with van der Waals surface area (Å²) in [6.07, 6.45) is 1.93. The molecule has 0 radical (unpaired) electrons. The predicted octanol–water partition coefficient (Wildman–Crippen LogP) is 1.92. The molecular weight excluding hydrogens is 292 g/mol. The SMILES string of the molecule is COc1cc(C(=O)NC2CCNCC2)cc(OC)c1C.Cl. The molecule has 0 aromatic heterocycles. The van der Waals surface area contributed by atoms with E-state index < -0.39 is 0 Å². The second kappa shape index (κ2) is 8.10. The van der Waals surface area contributed by atoms with Crippen molar-refractivity contribution in [2.24, 2.45) is 0 Å². The molecule has 1 amide bonds. The smallest absolute Gasteiger partial charge is 0.251 e. The van der Waals surface area contributed by atoms with E-state index in [1.165, 1.54) is 0 Å². The number of methoxy groups -OCH3 is 2. The lowest BCUT2D eigenvalue weighted by atomic mass is 10.0. The Morgan fingerprint density at radius 1 is 1.19 bits per heavy atom. The van der Waals surface area contributed by atoms with Gasteiger partial charge in [-0.25, -0.2) is 0 Å². The first-order chi connectivity index (χ1) is 9.65. The van der Waals surface area contributed by atoms with Crippen LogP contribution in [0.2, 0.25) is 0 Å². The summed E-state index contributed by atoms with van der Waals surface area (Å²) >= 11 is 0. The first kappa shape index (κ1) is 17.6. The lowest BCUT2D eigenvalue weighted by Gasteiger charge is -2.24. The maximum absolute atomic E-state index is 12.3. The number of amides is 1. The van der Waals surface area contributed by atoms with E-state index in [4.69, 9.17) is 9.47 Å². The molecule has 118 valence electrons. The molecule has 2 N–H and O–H groups in total. The highest BCUT2D eigenvalue weighted by molar-refractivity contribution is 5.95. The van der Waals surface area contributed by atoms with Gasteiger partial charge in [0.15, 0.2) is 0 Å². The van der Waals surface area contributed by atoms with E-state index in [-0.39, 0.29) is 24.4 Å². The Bertz CT molecular complexity index is 463. The van der Waals surface area contributed by atoms with Gasteiger partial charge in [-0.3, -0.25) is 4.79 Å². The topological polar surface area (TPSA) is 59.6 Å². The summed E-state index contributed by atoms with van der Waals surface area (Å²) in [7, 11) is 3.19. The molecule has 1 saturated heterocycles. The van der Waals surface area contributed by atoms with Crippen molar-refractivity contribution in [3.05, 3.63) is 23.3 Å². The van der Waals surface area contributed by atoms with Crippen LogP contribution in [0.15, 0.2) is 12.1 Å². The van der Waals surface area contributed by atoms with Gasteiger partial charge >= 0.3 is 0 Å². The normalized spacial score (nSPS) is 15.0. The summed E-state index contributed by atoms with van der Waals surface area (Å²) in [5.41, 5.74) is 1.47. The molecule has 5 nitrogen and oxygen atoms in total. The van der Waals surface area contributed by atoms with Crippen molar-refractivity contribution in [3.8, 4) is 11.5 Å². The van der Waals surface area contributed by atoms with Crippen LogP contribution in [-0.2, 0) is 0 Å². The number of carbonyl (C=O) groups excluding carboxylic acids is 1. The molecule has 0 spiro atoms. The summed E-state index contributed by atoms with van der Waals surface area (Å²) in [5, 5.41) is 6.35. The van der Waals surface area contributed by atoms with Gasteiger partial charge in [-0.2, -0.15) is 0 Å². The fraction of sp³-hybridized carbons (Fsp3) is 0.533. The number of halogens is 1. The Hall–Kier alpha value is -1.46. The summed E-state index contributed by atoms with van der Waals surface area (Å²) < 4.78 is 10.6. The quantitative estimate of drug-likeness (QED) is 0.891. The number of carbonyl (C=O) groups is 1. The van der Waals surface area contributed by atoms with Crippen molar-refractivity contribution in [1.82, 2.24) is 10.6 Å². The second-order valence-corrected chi connectivity index (χ2v) is 5.00. The van der Waals surface area contributed by atoms with Crippen molar-refractivity contribution >= 4 is 18.3 Å². The fourth-order valence-corrected chi connectivity index (χ4v) is 2.45. The molecule has 1 aromatic carbocycles. The van der Waals surface area contributed by atoms with Crippen LogP contribution in [0.25, 0.3) is 0 Å². The third-order valence-electron chi connectivity index (χ3n) is 3.69. The van der Waals surface area contributed by atoms with Crippen LogP contribution in [0.1, 0.15) is 28.8 Å². The number of rotatable bonds is 4. The molecule has 0 saturated carbocycles. The van der Waals surface area contributed by atoms with Crippen molar-refractivity contribution in [2.45, 2.75) is 25.8 Å². The highest BCUT2D eigenvalue weighted by Gasteiger charge is 2.18. The summed E-state index contributed by atoms with van der Waals surface area (Å²) in [6, 6.07) is 3.75. The minimum absolute atomic E-state index is 0. The highest BCUT2D eigenvalue weighted by atomic mass is 35.5. The van der Waals surface area contributed by atoms with E-state index in [2.05, 4.69) is 10.6 Å². The monoisotopic (exact) mass is 314 g/mol. The molecule has 0 bridgehead atoms. The third kappa shape index (κ3) is 4.25. The van der Waals surface area contributed by atoms with E-state index in [9.17, 15) is 4.79 Å². The third-order valence-corrected chi connectivity index (χ3v) is 3.69. The minimum Gasteiger partial charge on any atom is -0.496 e. The number of ether oxygens (including phenoxy) is 2. The maximum atomic E-state index is 12.3. The molecule has 0 unspecified atom stereocenters. The molecule has 0 aliphatic carbocycles. The van der Waals surface area contributed by atoms with E-state index in [0.717, 1.165) is 31.5 Å². The average molecular weight is 315 g/mol. The minimum atomic E-state index is -0.0755. The Labute approximate surface area is 131 Å². The first-order valence-corrected chi connectivity index (χ1v) is 6.90. The molecule has 1 aromatic rings. The molecule has 6 heteroatoms. The van der Waals surface area contributed by atoms with Gasteiger partial charge in [0.05, 0.1) is 14.2 Å². The largest absolute Gasteiger partial charge is 0.496 e. The Kier molecular flexibility index (Phi) is 6.78. The van der Waals surface area contributed by atoms with Gasteiger partial charge in [-0.1, -0.05) is 0 Å². The first-order valence-electron chi connectivity index (χ1n) is 6.90. The van der Waals surface area contributed by atoms with Crippen LogP contribution in [0.3, 0.4) is 0 Å². The van der Waals surface area contributed by atoms with E-state index in [0.29, 0.717) is 17.1 Å². The average Bonchev–Trinajstić information content (AvgIpc) is 2.48. The van der Waals surface area contributed by atoms with Crippen LogP contribution in [0, 0.1) is 6.92 Å². The van der Waals surface area contributed by atoms with E-state index >= 15 is 0 Å². The molecule has 21 heavy (non-hydrogen) atoms. The van der Waals surface area contributed by atoms with E-state index in [1.54, 1.807) is 26.4 Å². The van der Waals surface area contributed by atoms with E-state index in [1.807, 2.05) is 6.92 Å². The molecule has 1 heterocycles. The van der Waals surface area contributed by atoms with Gasteiger partial charge in [0, 0.05) is 17.2 Å². The lowest BCUT2D eigenvalue weighted by Crippen LogP contribution is -2.42. The van der Waals surface area contributed by atoms with Crippen LogP contribution in [0.5, 0.6) is 11.5 Å². The van der Waals surface area contributed by atoms with Gasteiger partial charge in [0.1, 0.15) is 11.5 Å². The Morgan fingerprint density at radius 2 is 1.71 bits per heavy atom. The Morgan fingerprint density at radius 3 is 2.19 bits per heavy atom. The molecule has 2 rings (SSSR count). The van der Waals surface area contributed by atoms with Crippen molar-refractivity contribution in [3.63, 3.8) is 0 Å². The summed E-state index contributed by atoms with van der Waals surface area (Å²) in [4.78, 5) is 12.3. The number of hydrogen-bond acceptors (Lipinski definition) is 4. The van der Waals surface area contributed by atoms with Gasteiger partial charge in [-0.05, 0) is 45.0 Å². The lowest BCUT2D eigenvalue weighted by molar-refractivity contribution is 0.0929. The Balaban J connectivity index is 0.00000220. The van der Waals surface area contributed by atoms with Gasteiger partial charge < -0.3 is 20.1 Å². The van der Waals surface area contributed by atoms with Crippen molar-refractivity contribution < 1.29 is 14.3 Å². The standard InChI is InChI=1S/C15H22N2O3.ClH/c1-10-13(19-2)8-11(9-14(10)20-3)15(18)17-12-4-6-16-7-5-12;/h8-9,12,16H,4-7H2,1-3H3,(H,17,18);1H. The molecule has 1 fully saturated rings. The van der Waals surface area contributed by atoms with Crippen LogP contribution in [-0.4, -0.2) is 39.3 Å². The van der Waals surface area contributed by atoms with Crippen molar-refractivity contribution in [2.75, 3.05) is 27.3 Å². The number of hydrogen-bond donors (Lipinski definition) is 2. The number of piperidine rings is 1. The zero-order chi connectivity index (χ0) is 14.5. The maximum Gasteiger partial charge on any atom is 0.251 e. The zero-order valence-corrected chi connectivity index (χ0v) is 13.5. The van der Waals surface area contributed by atoms with Gasteiger partial charge in [0.2, 0.25) is 0 Å². The summed E-state index contributed by atoms with van der Waals surface area (Å²) in [5.74, 6) is 1.26. The predicted molar refractivity (Wildman–Crippen MR) is 84.9 cm³/mol. The number of benzene rings is 1. The zero-order valence-electron chi connectivity index (χ0n) is 12.7. The van der Waals surface area contributed by atoms with Crippen LogP contribution >= 0.6 is 12.4 Å². The summed E-state index contributed by atoms with van der Waals surface area (Å²) in [6.45, 7) is 3.81. The van der Waals surface area contributed by atoms with Gasteiger partial charge in [-0.15, -0.1) is 12.4 Å². The van der Waals surface area contributed by atoms with Gasteiger partial charge in [0.25, 0.3) is 5.91 Å².